The molecule has 0 spiro atoms. The first kappa shape index (κ1) is 16.3. The van der Waals surface area contributed by atoms with E-state index in [9.17, 15) is 4.79 Å². The molecule has 0 saturated heterocycles. The molecule has 1 amide bonds. The third-order valence-electron chi connectivity index (χ3n) is 4.50. The number of amides is 1. The maximum atomic E-state index is 12.3. The van der Waals surface area contributed by atoms with Gasteiger partial charge in [0.15, 0.2) is 11.5 Å². The Bertz CT molecular complexity index is 1130. The molecule has 7 nitrogen and oxygen atoms in total. The summed E-state index contributed by atoms with van der Waals surface area (Å²) in [4.78, 5) is 21.1. The molecule has 138 valence electrons. The molecule has 0 bridgehead atoms. The Kier molecular flexibility index (Phi) is 3.90. The molecule has 1 N–H and O–H groups in total. The lowest BCUT2D eigenvalue weighted by Gasteiger charge is -2.07. The number of hydrogen-bond acceptors (Lipinski definition) is 5. The van der Waals surface area contributed by atoms with E-state index in [0.29, 0.717) is 17.3 Å². The van der Waals surface area contributed by atoms with Crippen LogP contribution in [0.25, 0.3) is 17.0 Å². The van der Waals surface area contributed by atoms with Crippen LogP contribution in [0.3, 0.4) is 0 Å². The molecule has 2 aromatic carbocycles. The van der Waals surface area contributed by atoms with Crippen LogP contribution < -0.4 is 14.8 Å². The maximum absolute atomic E-state index is 12.3. The number of anilines is 1. The molecule has 5 rings (SSSR count). The van der Waals surface area contributed by atoms with Crippen LogP contribution in [0.4, 0.5) is 5.69 Å². The van der Waals surface area contributed by atoms with Gasteiger partial charge in [-0.05, 0) is 35.9 Å². The van der Waals surface area contributed by atoms with Gasteiger partial charge in [0, 0.05) is 29.8 Å². The molecule has 4 aromatic rings. The monoisotopic (exact) mass is 372 g/mol. The van der Waals surface area contributed by atoms with Crippen molar-refractivity contribution in [1.82, 2.24) is 14.4 Å². The predicted molar refractivity (Wildman–Crippen MR) is 103 cm³/mol. The number of rotatable bonds is 4. The van der Waals surface area contributed by atoms with Crippen LogP contribution >= 0.6 is 0 Å². The fourth-order valence-corrected chi connectivity index (χ4v) is 3.13. The van der Waals surface area contributed by atoms with Gasteiger partial charge in [0.05, 0.1) is 12.1 Å². The molecule has 7 heteroatoms. The Morgan fingerprint density at radius 3 is 2.82 bits per heavy atom. The van der Waals surface area contributed by atoms with Crippen LogP contribution in [0.15, 0.2) is 67.1 Å². The maximum Gasteiger partial charge on any atom is 0.234 e. The number of carbonyl (C=O) groups excluding carboxylic acids is 1. The second kappa shape index (κ2) is 6.70. The second-order valence-electron chi connectivity index (χ2n) is 6.44. The van der Waals surface area contributed by atoms with E-state index in [2.05, 4.69) is 15.3 Å². The van der Waals surface area contributed by atoms with E-state index in [1.54, 1.807) is 6.20 Å². The first-order valence-electron chi connectivity index (χ1n) is 8.83. The number of nitrogens with one attached hydrogen (secondary N) is 1. The molecule has 0 fully saturated rings. The number of ether oxygens (including phenoxy) is 2. The highest BCUT2D eigenvalue weighted by Gasteiger charge is 2.14. The average Bonchev–Trinajstić information content (AvgIpc) is 3.34. The van der Waals surface area contributed by atoms with Crippen molar-refractivity contribution >= 4 is 17.4 Å². The number of hydrogen-bond donors (Lipinski definition) is 1. The Morgan fingerprint density at radius 1 is 1.11 bits per heavy atom. The zero-order chi connectivity index (χ0) is 18.9. The lowest BCUT2D eigenvalue weighted by molar-refractivity contribution is -0.115. The first-order valence-corrected chi connectivity index (χ1v) is 8.83. The highest BCUT2D eigenvalue weighted by Crippen LogP contribution is 2.32. The number of fused-ring (bicyclic) bond motifs is 2. The summed E-state index contributed by atoms with van der Waals surface area (Å²) < 4.78 is 12.5. The Morgan fingerprint density at radius 2 is 1.96 bits per heavy atom. The number of imidazole rings is 1. The summed E-state index contributed by atoms with van der Waals surface area (Å²) in [5, 5.41) is 2.91. The summed E-state index contributed by atoms with van der Waals surface area (Å²) >= 11 is 0. The number of carbonyl (C=O) groups is 1. The number of benzene rings is 2. The van der Waals surface area contributed by atoms with Crippen molar-refractivity contribution in [3.63, 3.8) is 0 Å². The van der Waals surface area contributed by atoms with Crippen LogP contribution in [0.5, 0.6) is 11.5 Å². The quantitative estimate of drug-likeness (QED) is 0.595. The van der Waals surface area contributed by atoms with Gasteiger partial charge in [-0.2, -0.15) is 0 Å². The third kappa shape index (κ3) is 3.14. The Labute approximate surface area is 160 Å². The van der Waals surface area contributed by atoms with Gasteiger partial charge in [-0.15, -0.1) is 0 Å². The molecule has 0 atom stereocenters. The van der Waals surface area contributed by atoms with E-state index in [0.717, 1.165) is 22.5 Å². The van der Waals surface area contributed by atoms with Gasteiger partial charge >= 0.3 is 0 Å². The molecular weight excluding hydrogens is 356 g/mol. The van der Waals surface area contributed by atoms with Crippen LogP contribution in [0.1, 0.15) is 5.56 Å². The van der Waals surface area contributed by atoms with E-state index in [4.69, 9.17) is 9.47 Å². The van der Waals surface area contributed by atoms with Crippen LogP contribution in [-0.4, -0.2) is 27.1 Å². The van der Waals surface area contributed by atoms with E-state index in [-0.39, 0.29) is 19.1 Å². The van der Waals surface area contributed by atoms with E-state index < -0.39 is 0 Å². The fourth-order valence-electron chi connectivity index (χ4n) is 3.13. The van der Waals surface area contributed by atoms with Crippen molar-refractivity contribution in [2.75, 3.05) is 12.1 Å². The molecule has 2 aromatic heterocycles. The van der Waals surface area contributed by atoms with Crippen molar-refractivity contribution < 1.29 is 14.3 Å². The first-order chi connectivity index (χ1) is 13.7. The molecule has 1 aliphatic heterocycles. The minimum atomic E-state index is -0.0939. The molecule has 3 heterocycles. The standard InChI is InChI=1S/C21H16N4O3/c26-20(11-14-2-7-18-19(10-14)28-13-27-18)23-16-5-3-15(4-6-16)17-12-25-9-1-8-22-21(25)24-17/h1-10,12H,11,13H2,(H,23,26). The number of nitrogens with zero attached hydrogens (tertiary/aromatic N) is 3. The molecular formula is C21H16N4O3. The summed E-state index contributed by atoms with van der Waals surface area (Å²) in [6.45, 7) is 0.222. The summed E-state index contributed by atoms with van der Waals surface area (Å²) in [7, 11) is 0. The average molecular weight is 372 g/mol. The van der Waals surface area contributed by atoms with Gasteiger partial charge in [-0.1, -0.05) is 18.2 Å². The van der Waals surface area contributed by atoms with Crippen molar-refractivity contribution in [3.05, 3.63) is 72.7 Å². The topological polar surface area (TPSA) is 77.8 Å². The van der Waals surface area contributed by atoms with Gasteiger partial charge in [-0.25, -0.2) is 9.97 Å². The van der Waals surface area contributed by atoms with Crippen molar-refractivity contribution in [3.8, 4) is 22.8 Å². The summed E-state index contributed by atoms with van der Waals surface area (Å²) in [5.41, 5.74) is 3.39. The zero-order valence-electron chi connectivity index (χ0n) is 14.8. The smallest absolute Gasteiger partial charge is 0.234 e. The van der Waals surface area contributed by atoms with Crippen molar-refractivity contribution in [1.29, 1.82) is 0 Å². The normalized spacial score (nSPS) is 12.3. The van der Waals surface area contributed by atoms with E-state index >= 15 is 0 Å². The molecule has 0 unspecified atom stereocenters. The minimum Gasteiger partial charge on any atom is -0.454 e. The lowest BCUT2D eigenvalue weighted by Crippen LogP contribution is -2.14. The van der Waals surface area contributed by atoms with E-state index in [1.807, 2.05) is 65.3 Å². The highest BCUT2D eigenvalue weighted by atomic mass is 16.7. The van der Waals surface area contributed by atoms with Gasteiger partial charge < -0.3 is 14.8 Å². The second-order valence-corrected chi connectivity index (χ2v) is 6.44. The van der Waals surface area contributed by atoms with Crippen LogP contribution in [-0.2, 0) is 11.2 Å². The SMILES string of the molecule is O=C(Cc1ccc2c(c1)OCO2)Nc1ccc(-c2cn3cccnc3n2)cc1. The summed E-state index contributed by atoms with van der Waals surface area (Å²) in [6, 6.07) is 15.0. The number of aromatic nitrogens is 3. The zero-order valence-corrected chi connectivity index (χ0v) is 14.8. The Balaban J connectivity index is 1.27. The Hall–Kier alpha value is -3.87. The largest absolute Gasteiger partial charge is 0.454 e. The van der Waals surface area contributed by atoms with Gasteiger partial charge in [0.2, 0.25) is 18.5 Å². The molecule has 28 heavy (non-hydrogen) atoms. The van der Waals surface area contributed by atoms with Crippen LogP contribution in [0.2, 0.25) is 0 Å². The van der Waals surface area contributed by atoms with Crippen molar-refractivity contribution in [2.45, 2.75) is 6.42 Å². The summed E-state index contributed by atoms with van der Waals surface area (Å²) in [6.07, 6.45) is 5.81. The molecule has 0 aliphatic carbocycles. The van der Waals surface area contributed by atoms with Gasteiger partial charge in [-0.3, -0.25) is 9.20 Å². The van der Waals surface area contributed by atoms with E-state index in [1.165, 1.54) is 0 Å². The lowest BCUT2D eigenvalue weighted by atomic mass is 10.1. The fraction of sp³-hybridized carbons (Fsp3) is 0.0952. The van der Waals surface area contributed by atoms with Crippen LogP contribution in [0, 0.1) is 0 Å². The van der Waals surface area contributed by atoms with Gasteiger partial charge in [0.25, 0.3) is 0 Å². The van der Waals surface area contributed by atoms with Gasteiger partial charge in [0.1, 0.15) is 0 Å². The molecule has 1 aliphatic rings. The molecule has 0 saturated carbocycles. The van der Waals surface area contributed by atoms with Crippen molar-refractivity contribution in [2.24, 2.45) is 0 Å². The minimum absolute atomic E-state index is 0.0939. The highest BCUT2D eigenvalue weighted by molar-refractivity contribution is 5.92. The predicted octanol–water partition coefficient (Wildman–Crippen LogP) is 3.31. The third-order valence-corrected chi connectivity index (χ3v) is 4.50. The summed E-state index contributed by atoms with van der Waals surface area (Å²) in [5.74, 6) is 1.95. The molecule has 0 radical (unpaired) electrons.